The maximum Gasteiger partial charge on any atom is 0.253 e. The zero-order valence-corrected chi connectivity index (χ0v) is 14.7. The van der Waals surface area contributed by atoms with Crippen molar-refractivity contribution in [3.8, 4) is 0 Å². The van der Waals surface area contributed by atoms with Crippen LogP contribution < -0.4 is 5.32 Å². The maximum atomic E-state index is 12.6. The minimum Gasteiger partial charge on any atom is -0.347 e. The Hall–Kier alpha value is -2.62. The van der Waals surface area contributed by atoms with Crippen molar-refractivity contribution < 1.29 is 9.59 Å². The molecule has 4 heteroatoms. The lowest BCUT2D eigenvalue weighted by atomic mass is 10.1. The molecule has 2 aromatic carbocycles. The molecule has 0 aliphatic heterocycles. The molecule has 2 rings (SSSR count). The van der Waals surface area contributed by atoms with Crippen molar-refractivity contribution in [3.63, 3.8) is 0 Å². The topological polar surface area (TPSA) is 49.4 Å². The maximum absolute atomic E-state index is 12.6. The van der Waals surface area contributed by atoms with Crippen molar-refractivity contribution in [2.45, 2.75) is 32.9 Å². The van der Waals surface area contributed by atoms with Gasteiger partial charge in [0.25, 0.3) is 11.8 Å². The van der Waals surface area contributed by atoms with E-state index in [0.29, 0.717) is 17.7 Å². The molecule has 2 amide bonds. The number of rotatable bonds is 4. The molecule has 126 valence electrons. The zero-order valence-electron chi connectivity index (χ0n) is 14.7. The summed E-state index contributed by atoms with van der Waals surface area (Å²) in [5, 5.41) is 2.91. The van der Waals surface area contributed by atoms with Gasteiger partial charge in [0, 0.05) is 30.3 Å². The van der Waals surface area contributed by atoms with Gasteiger partial charge in [0.1, 0.15) is 0 Å². The molecule has 2 aromatic rings. The fourth-order valence-corrected chi connectivity index (χ4v) is 2.36. The number of hydrogen-bond donors (Lipinski definition) is 1. The van der Waals surface area contributed by atoms with E-state index in [1.54, 1.807) is 36.2 Å². The number of carbonyl (C=O) groups excluding carboxylic acids is 2. The second kappa shape index (κ2) is 7.30. The molecule has 4 nitrogen and oxygen atoms in total. The van der Waals surface area contributed by atoms with Crippen molar-refractivity contribution in [1.82, 2.24) is 10.2 Å². The summed E-state index contributed by atoms with van der Waals surface area (Å²) in [4.78, 5) is 26.5. The van der Waals surface area contributed by atoms with Gasteiger partial charge < -0.3 is 10.2 Å². The molecule has 1 N–H and O–H groups in total. The van der Waals surface area contributed by atoms with Crippen molar-refractivity contribution >= 4 is 11.8 Å². The highest BCUT2D eigenvalue weighted by molar-refractivity contribution is 5.99. The molecular weight excluding hydrogens is 300 g/mol. The van der Waals surface area contributed by atoms with Crippen LogP contribution in [0.25, 0.3) is 0 Å². The third-order valence-corrected chi connectivity index (χ3v) is 3.47. The van der Waals surface area contributed by atoms with Gasteiger partial charge >= 0.3 is 0 Å². The summed E-state index contributed by atoms with van der Waals surface area (Å²) < 4.78 is 0. The summed E-state index contributed by atoms with van der Waals surface area (Å²) in [6, 6.07) is 16.6. The second-order valence-corrected chi connectivity index (χ2v) is 6.93. The van der Waals surface area contributed by atoms with E-state index in [-0.39, 0.29) is 17.4 Å². The summed E-state index contributed by atoms with van der Waals surface area (Å²) in [7, 11) is 1.76. The summed E-state index contributed by atoms with van der Waals surface area (Å²) in [5.74, 6) is -0.285. The van der Waals surface area contributed by atoms with E-state index in [0.717, 1.165) is 5.56 Å². The summed E-state index contributed by atoms with van der Waals surface area (Å²) >= 11 is 0. The van der Waals surface area contributed by atoms with Crippen LogP contribution in [0.1, 0.15) is 47.1 Å². The second-order valence-electron chi connectivity index (χ2n) is 6.93. The van der Waals surface area contributed by atoms with Gasteiger partial charge in [-0.3, -0.25) is 9.59 Å². The summed E-state index contributed by atoms with van der Waals surface area (Å²) in [6.07, 6.45) is 0. The molecule has 0 aromatic heterocycles. The Balaban J connectivity index is 2.12. The monoisotopic (exact) mass is 324 g/mol. The Morgan fingerprint density at radius 2 is 1.58 bits per heavy atom. The van der Waals surface area contributed by atoms with Crippen molar-refractivity contribution in [2.75, 3.05) is 7.05 Å². The lowest BCUT2D eigenvalue weighted by Gasteiger charge is -2.21. The van der Waals surface area contributed by atoms with E-state index < -0.39 is 0 Å². The minimum atomic E-state index is -0.318. The normalized spacial score (nSPS) is 11.0. The third-order valence-electron chi connectivity index (χ3n) is 3.47. The smallest absolute Gasteiger partial charge is 0.253 e. The van der Waals surface area contributed by atoms with Gasteiger partial charge in [-0.25, -0.2) is 0 Å². The number of nitrogens with zero attached hydrogens (tertiary/aromatic N) is 1. The van der Waals surface area contributed by atoms with E-state index in [4.69, 9.17) is 0 Å². The first-order valence-corrected chi connectivity index (χ1v) is 7.98. The van der Waals surface area contributed by atoms with Crippen LogP contribution in [0.2, 0.25) is 0 Å². The van der Waals surface area contributed by atoms with Crippen LogP contribution in [0.15, 0.2) is 54.6 Å². The Kier molecular flexibility index (Phi) is 5.39. The third kappa shape index (κ3) is 4.95. The highest BCUT2D eigenvalue weighted by Crippen LogP contribution is 2.12. The molecule has 24 heavy (non-hydrogen) atoms. The van der Waals surface area contributed by atoms with Gasteiger partial charge in [-0.1, -0.05) is 36.4 Å². The van der Waals surface area contributed by atoms with Gasteiger partial charge in [-0.05, 0) is 44.5 Å². The average Bonchev–Trinajstić information content (AvgIpc) is 2.53. The van der Waals surface area contributed by atoms with Crippen LogP contribution in [0.3, 0.4) is 0 Å². The van der Waals surface area contributed by atoms with Gasteiger partial charge in [0.2, 0.25) is 0 Å². The molecule has 0 aliphatic rings. The summed E-state index contributed by atoms with van der Waals surface area (Å²) in [5.41, 5.74) is 1.75. The first-order chi connectivity index (χ1) is 11.3. The Morgan fingerprint density at radius 1 is 0.958 bits per heavy atom. The molecule has 0 saturated carbocycles. The first-order valence-electron chi connectivity index (χ1n) is 7.98. The lowest BCUT2D eigenvalue weighted by Crippen LogP contribution is -2.40. The first kappa shape index (κ1) is 17.7. The molecule has 0 bridgehead atoms. The number of hydrogen-bond acceptors (Lipinski definition) is 2. The number of benzene rings is 2. The van der Waals surface area contributed by atoms with Gasteiger partial charge in [-0.2, -0.15) is 0 Å². The van der Waals surface area contributed by atoms with E-state index >= 15 is 0 Å². The molecule has 0 unspecified atom stereocenters. The standard InChI is InChI=1S/C20H24N2O2/c1-20(2,3)21-18(23)16-11-8-12-17(13-16)19(24)22(4)14-15-9-6-5-7-10-15/h5-13H,14H2,1-4H3,(H,21,23). The van der Waals surface area contributed by atoms with Crippen LogP contribution in [0, 0.1) is 0 Å². The summed E-state index contributed by atoms with van der Waals surface area (Å²) in [6.45, 7) is 6.30. The number of amides is 2. The molecular formula is C20H24N2O2. The lowest BCUT2D eigenvalue weighted by molar-refractivity contribution is 0.0785. The highest BCUT2D eigenvalue weighted by Gasteiger charge is 2.18. The predicted octanol–water partition coefficient (Wildman–Crippen LogP) is 3.49. The highest BCUT2D eigenvalue weighted by atomic mass is 16.2. The van der Waals surface area contributed by atoms with Crippen molar-refractivity contribution in [1.29, 1.82) is 0 Å². The minimum absolute atomic E-state index is 0.107. The van der Waals surface area contributed by atoms with Crippen molar-refractivity contribution in [3.05, 3.63) is 71.3 Å². The van der Waals surface area contributed by atoms with Crippen LogP contribution in [0.5, 0.6) is 0 Å². The molecule has 0 radical (unpaired) electrons. The van der Waals surface area contributed by atoms with Crippen LogP contribution in [-0.2, 0) is 6.54 Å². The fraction of sp³-hybridized carbons (Fsp3) is 0.300. The Morgan fingerprint density at radius 3 is 2.21 bits per heavy atom. The number of nitrogens with one attached hydrogen (secondary N) is 1. The van der Waals surface area contributed by atoms with Gasteiger partial charge in [0.05, 0.1) is 0 Å². The predicted molar refractivity (Wildman–Crippen MR) is 95.9 cm³/mol. The molecule has 0 spiro atoms. The van der Waals surface area contributed by atoms with E-state index in [9.17, 15) is 9.59 Å². The van der Waals surface area contributed by atoms with Crippen LogP contribution >= 0.6 is 0 Å². The molecule has 0 aliphatic carbocycles. The van der Waals surface area contributed by atoms with E-state index in [1.807, 2.05) is 51.1 Å². The number of carbonyl (C=O) groups is 2. The Bertz CT molecular complexity index is 718. The molecule has 0 heterocycles. The quantitative estimate of drug-likeness (QED) is 0.936. The SMILES string of the molecule is CN(Cc1ccccc1)C(=O)c1cccc(C(=O)NC(C)(C)C)c1. The van der Waals surface area contributed by atoms with E-state index in [1.165, 1.54) is 0 Å². The van der Waals surface area contributed by atoms with Crippen LogP contribution in [-0.4, -0.2) is 29.3 Å². The largest absolute Gasteiger partial charge is 0.347 e. The Labute approximate surface area is 143 Å². The molecule has 0 fully saturated rings. The average molecular weight is 324 g/mol. The van der Waals surface area contributed by atoms with Crippen LogP contribution in [0.4, 0.5) is 0 Å². The van der Waals surface area contributed by atoms with Gasteiger partial charge in [-0.15, -0.1) is 0 Å². The van der Waals surface area contributed by atoms with Gasteiger partial charge in [0.15, 0.2) is 0 Å². The molecule has 0 saturated heterocycles. The van der Waals surface area contributed by atoms with E-state index in [2.05, 4.69) is 5.32 Å². The fourth-order valence-electron chi connectivity index (χ4n) is 2.36. The molecule has 0 atom stereocenters. The zero-order chi connectivity index (χ0) is 17.7. The van der Waals surface area contributed by atoms with Crippen molar-refractivity contribution in [2.24, 2.45) is 0 Å².